The van der Waals surface area contributed by atoms with Crippen LogP contribution in [0.5, 0.6) is 11.5 Å². The summed E-state index contributed by atoms with van der Waals surface area (Å²) >= 11 is 1.73. The summed E-state index contributed by atoms with van der Waals surface area (Å²) in [6.07, 6.45) is 1.85. The molecule has 1 saturated heterocycles. The molecule has 2 heterocycles. The lowest BCUT2D eigenvalue weighted by atomic mass is 10.0. The van der Waals surface area contributed by atoms with Gasteiger partial charge in [0.05, 0.1) is 14.2 Å². The summed E-state index contributed by atoms with van der Waals surface area (Å²) < 4.78 is 15.9. The molecule has 0 unspecified atom stereocenters. The molecule has 0 saturated carbocycles. The Kier molecular flexibility index (Phi) is 7.30. The third-order valence-corrected chi connectivity index (χ3v) is 5.82. The first-order chi connectivity index (χ1) is 13.7. The number of ether oxygens (including phenoxy) is 3. The van der Waals surface area contributed by atoms with Gasteiger partial charge in [-0.05, 0) is 47.4 Å². The van der Waals surface area contributed by atoms with Crippen LogP contribution in [-0.4, -0.2) is 57.9 Å². The third-order valence-electron chi connectivity index (χ3n) is 5.09. The number of piperidine rings is 1. The fourth-order valence-corrected chi connectivity index (χ4v) is 4.36. The Labute approximate surface area is 170 Å². The van der Waals surface area contributed by atoms with Crippen molar-refractivity contribution in [2.45, 2.75) is 25.4 Å². The Morgan fingerprint density at radius 3 is 2.50 bits per heavy atom. The van der Waals surface area contributed by atoms with E-state index in [0.717, 1.165) is 38.2 Å². The predicted octanol–water partition coefficient (Wildman–Crippen LogP) is 3.41. The number of rotatable bonds is 8. The first-order valence-electron chi connectivity index (χ1n) is 9.42. The number of methoxy groups -OCH3 is 3. The van der Waals surface area contributed by atoms with Crippen molar-refractivity contribution >= 4 is 22.9 Å². The molecule has 3 rings (SSSR count). The fourth-order valence-electron chi connectivity index (χ4n) is 3.70. The maximum absolute atomic E-state index is 12.9. The second kappa shape index (κ2) is 9.91. The molecule has 7 heteroatoms. The van der Waals surface area contributed by atoms with Gasteiger partial charge in [0, 0.05) is 44.5 Å². The summed E-state index contributed by atoms with van der Waals surface area (Å²) in [7, 11) is 4.76. The van der Waals surface area contributed by atoms with Gasteiger partial charge in [-0.2, -0.15) is 11.3 Å². The summed E-state index contributed by atoms with van der Waals surface area (Å²) in [4.78, 5) is 17.2. The van der Waals surface area contributed by atoms with Crippen LogP contribution in [0.3, 0.4) is 0 Å². The fraction of sp³-hybridized carbons (Fsp3) is 0.476. The van der Waals surface area contributed by atoms with E-state index in [1.807, 2.05) is 23.1 Å². The molecule has 1 aliphatic heterocycles. The highest BCUT2D eigenvalue weighted by atomic mass is 32.1. The van der Waals surface area contributed by atoms with Gasteiger partial charge in [0.15, 0.2) is 11.5 Å². The molecular formula is C21H28N2O4S. The van der Waals surface area contributed by atoms with Crippen molar-refractivity contribution < 1.29 is 19.0 Å². The topological polar surface area (TPSA) is 51.2 Å². The molecule has 1 aromatic heterocycles. The van der Waals surface area contributed by atoms with E-state index in [-0.39, 0.29) is 18.6 Å². The van der Waals surface area contributed by atoms with Gasteiger partial charge in [0.25, 0.3) is 5.91 Å². The second-order valence-corrected chi connectivity index (χ2v) is 7.65. The molecule has 1 aromatic carbocycles. The van der Waals surface area contributed by atoms with Gasteiger partial charge in [0.1, 0.15) is 6.61 Å². The minimum absolute atomic E-state index is 0.0361. The van der Waals surface area contributed by atoms with E-state index in [4.69, 9.17) is 14.2 Å². The van der Waals surface area contributed by atoms with E-state index in [9.17, 15) is 4.79 Å². The van der Waals surface area contributed by atoms with Gasteiger partial charge in [0.2, 0.25) is 0 Å². The highest BCUT2D eigenvalue weighted by Crippen LogP contribution is 2.34. The Balaban J connectivity index is 1.75. The van der Waals surface area contributed by atoms with Gasteiger partial charge in [-0.25, -0.2) is 0 Å². The molecule has 1 amide bonds. The average Bonchev–Trinajstić information content (AvgIpc) is 3.22. The lowest BCUT2D eigenvalue weighted by Crippen LogP contribution is -2.48. The molecule has 1 fully saturated rings. The summed E-state index contributed by atoms with van der Waals surface area (Å²) in [5.41, 5.74) is 2.17. The Bertz CT molecular complexity index is 758. The van der Waals surface area contributed by atoms with Crippen molar-refractivity contribution in [1.82, 2.24) is 4.90 Å². The van der Waals surface area contributed by atoms with Gasteiger partial charge >= 0.3 is 0 Å². The van der Waals surface area contributed by atoms with E-state index in [2.05, 4.69) is 21.7 Å². The zero-order valence-corrected chi connectivity index (χ0v) is 17.5. The smallest absolute Gasteiger partial charge is 0.253 e. The van der Waals surface area contributed by atoms with Crippen molar-refractivity contribution in [3.63, 3.8) is 0 Å². The number of likely N-dealkylation sites (tertiary alicyclic amines) is 1. The highest BCUT2D eigenvalue weighted by molar-refractivity contribution is 7.07. The van der Waals surface area contributed by atoms with E-state index in [1.165, 1.54) is 5.56 Å². The predicted molar refractivity (Wildman–Crippen MR) is 112 cm³/mol. The van der Waals surface area contributed by atoms with Crippen molar-refractivity contribution in [3.05, 3.63) is 40.6 Å². The van der Waals surface area contributed by atoms with E-state index < -0.39 is 0 Å². The van der Waals surface area contributed by atoms with Crippen LogP contribution in [0.2, 0.25) is 0 Å². The molecule has 0 spiro atoms. The number of carbonyl (C=O) groups is 1. The quantitative estimate of drug-likeness (QED) is 0.675. The normalized spacial score (nSPS) is 15.4. The van der Waals surface area contributed by atoms with Crippen molar-refractivity contribution in [3.8, 4) is 11.5 Å². The van der Waals surface area contributed by atoms with Crippen LogP contribution >= 0.6 is 11.3 Å². The number of nitrogens with zero attached hydrogens (tertiary/aromatic N) is 2. The molecule has 1 aliphatic rings. The van der Waals surface area contributed by atoms with Crippen molar-refractivity contribution in [2.75, 3.05) is 45.9 Å². The number of amides is 1. The standard InChI is InChI=1S/C21H28N2O4S/c1-25-14-21(24)23(18-4-5-19(26-2)20(12-18)27-3)17-6-9-22(10-7-17)13-16-8-11-28-15-16/h4-5,8,11-12,15,17H,6-7,9-10,13-14H2,1-3H3. The molecule has 0 atom stereocenters. The van der Waals surface area contributed by atoms with Crippen LogP contribution in [0, 0.1) is 0 Å². The maximum atomic E-state index is 12.9. The van der Waals surface area contributed by atoms with Crippen LogP contribution < -0.4 is 14.4 Å². The van der Waals surface area contributed by atoms with Gasteiger partial charge in [-0.15, -0.1) is 0 Å². The van der Waals surface area contributed by atoms with Crippen LogP contribution in [0.1, 0.15) is 18.4 Å². The zero-order chi connectivity index (χ0) is 19.9. The summed E-state index contributed by atoms with van der Waals surface area (Å²) in [5.74, 6) is 1.23. The average molecular weight is 405 g/mol. The first-order valence-corrected chi connectivity index (χ1v) is 10.4. The number of anilines is 1. The van der Waals surface area contributed by atoms with Gasteiger partial charge in [-0.3, -0.25) is 9.69 Å². The van der Waals surface area contributed by atoms with Crippen molar-refractivity contribution in [1.29, 1.82) is 0 Å². The number of hydrogen-bond donors (Lipinski definition) is 0. The van der Waals surface area contributed by atoms with Gasteiger partial charge < -0.3 is 19.1 Å². The van der Waals surface area contributed by atoms with E-state index >= 15 is 0 Å². The molecule has 28 heavy (non-hydrogen) atoms. The molecule has 0 radical (unpaired) electrons. The molecule has 6 nitrogen and oxygen atoms in total. The number of thiophene rings is 1. The first kappa shape index (κ1) is 20.6. The van der Waals surface area contributed by atoms with Crippen LogP contribution in [0.15, 0.2) is 35.0 Å². The lowest BCUT2D eigenvalue weighted by Gasteiger charge is -2.38. The second-order valence-electron chi connectivity index (χ2n) is 6.87. The molecular weight excluding hydrogens is 376 g/mol. The van der Waals surface area contributed by atoms with E-state index in [1.54, 1.807) is 32.7 Å². The van der Waals surface area contributed by atoms with Crippen LogP contribution in [0.4, 0.5) is 5.69 Å². The van der Waals surface area contributed by atoms with Gasteiger partial charge in [-0.1, -0.05) is 0 Å². The van der Waals surface area contributed by atoms with E-state index in [0.29, 0.717) is 11.5 Å². The minimum atomic E-state index is -0.0361. The Morgan fingerprint density at radius 1 is 1.14 bits per heavy atom. The molecule has 2 aromatic rings. The van der Waals surface area contributed by atoms with Crippen LogP contribution in [-0.2, 0) is 16.1 Å². The summed E-state index contributed by atoms with van der Waals surface area (Å²) in [6, 6.07) is 7.93. The number of benzene rings is 1. The minimum Gasteiger partial charge on any atom is -0.493 e. The lowest BCUT2D eigenvalue weighted by molar-refractivity contribution is -0.122. The Hall–Kier alpha value is -2.09. The maximum Gasteiger partial charge on any atom is 0.253 e. The SMILES string of the molecule is COCC(=O)N(c1ccc(OC)c(OC)c1)C1CCN(Cc2ccsc2)CC1. The number of carbonyl (C=O) groups excluding carboxylic acids is 1. The Morgan fingerprint density at radius 2 is 1.89 bits per heavy atom. The molecule has 0 bridgehead atoms. The molecule has 0 N–H and O–H groups in total. The van der Waals surface area contributed by atoms with Crippen LogP contribution in [0.25, 0.3) is 0 Å². The zero-order valence-electron chi connectivity index (χ0n) is 16.7. The monoisotopic (exact) mass is 404 g/mol. The third kappa shape index (κ3) is 4.84. The highest BCUT2D eigenvalue weighted by Gasteiger charge is 2.29. The molecule has 0 aliphatic carbocycles. The largest absolute Gasteiger partial charge is 0.493 e. The molecule has 152 valence electrons. The number of hydrogen-bond acceptors (Lipinski definition) is 6. The van der Waals surface area contributed by atoms with Crippen molar-refractivity contribution in [2.24, 2.45) is 0 Å². The summed E-state index contributed by atoms with van der Waals surface area (Å²) in [5, 5.41) is 4.31. The summed E-state index contributed by atoms with van der Waals surface area (Å²) in [6.45, 7) is 2.96.